The summed E-state index contributed by atoms with van der Waals surface area (Å²) in [6.07, 6.45) is 1.71. The molecule has 6 nitrogen and oxygen atoms in total. The number of benzene rings is 1. The summed E-state index contributed by atoms with van der Waals surface area (Å²) in [5, 5.41) is 35.5. The van der Waals surface area contributed by atoms with Gasteiger partial charge in [-0.2, -0.15) is 0 Å². The van der Waals surface area contributed by atoms with Gasteiger partial charge in [0.25, 0.3) is 0 Å². The van der Waals surface area contributed by atoms with Crippen LogP contribution in [0.5, 0.6) is 5.75 Å². The van der Waals surface area contributed by atoms with Gasteiger partial charge in [0.2, 0.25) is 0 Å². The molecule has 2 rings (SSSR count). The first-order chi connectivity index (χ1) is 9.47. The third-order valence-corrected chi connectivity index (χ3v) is 2.91. The highest BCUT2D eigenvalue weighted by Gasteiger charge is 2.20. The van der Waals surface area contributed by atoms with Crippen LogP contribution >= 0.6 is 0 Å². The molecule has 1 aromatic carbocycles. The van der Waals surface area contributed by atoms with Crippen molar-refractivity contribution < 1.29 is 20.4 Å². The van der Waals surface area contributed by atoms with Crippen molar-refractivity contribution >= 4 is 28.3 Å². The molecule has 116 valence electrons. The number of nitrogens with two attached hydrogens (primary N) is 1. The molecule has 0 aliphatic rings. The molecule has 2 aromatic rings. The van der Waals surface area contributed by atoms with E-state index in [0.717, 1.165) is 10.9 Å². The van der Waals surface area contributed by atoms with Gasteiger partial charge in [-0.05, 0) is 24.6 Å². The second-order valence-electron chi connectivity index (χ2n) is 4.64. The molecule has 0 radical (unpaired) electrons. The highest BCUT2D eigenvalue weighted by Crippen LogP contribution is 2.23. The predicted molar refractivity (Wildman–Crippen MR) is 86.3 cm³/mol. The van der Waals surface area contributed by atoms with E-state index in [0.29, 0.717) is 5.52 Å². The van der Waals surface area contributed by atoms with Crippen LogP contribution in [0.2, 0.25) is 0 Å². The van der Waals surface area contributed by atoms with Crippen molar-refractivity contribution in [2.45, 2.75) is 12.5 Å². The van der Waals surface area contributed by atoms with E-state index in [1.807, 2.05) is 25.1 Å². The normalized spacial score (nSPS) is 10.5. The number of hydrogen-bond acceptors (Lipinski definition) is 6. The fourth-order valence-corrected chi connectivity index (χ4v) is 1.45. The van der Waals surface area contributed by atoms with Gasteiger partial charge in [-0.15, -0.1) is 0 Å². The fraction of sp³-hybridized carbons (Fsp3) is 0.357. The number of nitrogens with zero attached hydrogens (tertiary/aromatic N) is 1. The zero-order valence-corrected chi connectivity index (χ0v) is 11.3. The summed E-state index contributed by atoms with van der Waals surface area (Å²) in [7, 11) is 0. The summed E-state index contributed by atoms with van der Waals surface area (Å²) >= 11 is 0. The Balaban J connectivity index is 0.000000397. The number of hydrogen-bond donors (Lipinski definition) is 5. The number of aromatic hydroxyl groups is 1. The van der Waals surface area contributed by atoms with Gasteiger partial charge < -0.3 is 26.2 Å². The molecule has 0 atom stereocenters. The summed E-state index contributed by atoms with van der Waals surface area (Å²) in [6.45, 7) is 0.795. The SMILES string of the molecule is Cc1ccnc2c(O)cccc12.NC(CO)(CO)CO.[AlH3]. The van der Waals surface area contributed by atoms with E-state index < -0.39 is 25.4 Å². The van der Waals surface area contributed by atoms with Gasteiger partial charge in [0, 0.05) is 11.6 Å². The number of aryl methyl sites for hydroxylation is 1. The van der Waals surface area contributed by atoms with Crippen LogP contribution in [-0.4, -0.2) is 68.1 Å². The number of para-hydroxylation sites is 1. The number of pyridine rings is 1. The lowest BCUT2D eigenvalue weighted by Gasteiger charge is -2.20. The predicted octanol–water partition coefficient (Wildman–Crippen LogP) is -1.27. The maximum atomic E-state index is 9.43. The third-order valence-electron chi connectivity index (χ3n) is 2.91. The van der Waals surface area contributed by atoms with E-state index in [-0.39, 0.29) is 23.1 Å². The Kier molecular flexibility index (Phi) is 8.44. The van der Waals surface area contributed by atoms with Gasteiger partial charge >= 0.3 is 0 Å². The van der Waals surface area contributed by atoms with E-state index in [1.165, 1.54) is 0 Å². The third kappa shape index (κ3) is 5.25. The van der Waals surface area contributed by atoms with Crippen molar-refractivity contribution in [1.29, 1.82) is 0 Å². The Morgan fingerprint density at radius 1 is 1.10 bits per heavy atom. The minimum absolute atomic E-state index is 0. The number of rotatable bonds is 3. The lowest BCUT2D eigenvalue weighted by atomic mass is 10.1. The number of aliphatic hydroxyl groups excluding tert-OH is 3. The first-order valence-corrected chi connectivity index (χ1v) is 6.12. The van der Waals surface area contributed by atoms with E-state index in [9.17, 15) is 5.11 Å². The average Bonchev–Trinajstić information content (AvgIpc) is 2.48. The molecular formula is C14H23AlN2O4. The molecule has 6 N–H and O–H groups in total. The standard InChI is InChI=1S/C10H9NO.C4H11NO3.Al.3H/c1-7-5-6-11-10-8(7)3-2-4-9(10)12;5-4(1-6,2-7)3-8;;;;/h2-6,12H,1H3;6-8H,1-3,5H2;;;;. The molecular weight excluding hydrogens is 287 g/mol. The van der Waals surface area contributed by atoms with Gasteiger partial charge in [0.05, 0.1) is 25.4 Å². The molecule has 0 spiro atoms. The number of fused-ring (bicyclic) bond motifs is 1. The molecule has 1 aromatic heterocycles. The van der Waals surface area contributed by atoms with Gasteiger partial charge in [-0.25, -0.2) is 0 Å². The molecule has 0 saturated heterocycles. The average molecular weight is 310 g/mol. The van der Waals surface area contributed by atoms with Crippen LogP contribution in [0.1, 0.15) is 5.56 Å². The van der Waals surface area contributed by atoms with Crippen LogP contribution in [0.3, 0.4) is 0 Å². The van der Waals surface area contributed by atoms with Crippen LogP contribution in [0.25, 0.3) is 10.9 Å². The summed E-state index contributed by atoms with van der Waals surface area (Å²) in [6, 6.07) is 7.36. The van der Waals surface area contributed by atoms with Gasteiger partial charge in [0.1, 0.15) is 11.3 Å². The highest BCUT2D eigenvalue weighted by atomic mass is 27.0. The van der Waals surface area contributed by atoms with Crippen molar-refractivity contribution in [2.75, 3.05) is 19.8 Å². The maximum Gasteiger partial charge on any atom is 0.187 e. The van der Waals surface area contributed by atoms with Gasteiger partial charge in [0.15, 0.2) is 17.4 Å². The van der Waals surface area contributed by atoms with Crippen LogP contribution < -0.4 is 5.73 Å². The van der Waals surface area contributed by atoms with Crippen LogP contribution in [-0.2, 0) is 0 Å². The Morgan fingerprint density at radius 2 is 1.67 bits per heavy atom. The molecule has 0 aliphatic heterocycles. The minimum Gasteiger partial charge on any atom is -0.506 e. The second-order valence-corrected chi connectivity index (χ2v) is 4.64. The van der Waals surface area contributed by atoms with Crippen LogP contribution in [0, 0.1) is 6.92 Å². The van der Waals surface area contributed by atoms with Gasteiger partial charge in [-0.3, -0.25) is 4.98 Å². The van der Waals surface area contributed by atoms with Crippen LogP contribution in [0.15, 0.2) is 30.5 Å². The van der Waals surface area contributed by atoms with E-state index in [1.54, 1.807) is 12.3 Å². The van der Waals surface area contributed by atoms with E-state index in [2.05, 4.69) is 4.98 Å². The summed E-state index contributed by atoms with van der Waals surface area (Å²) in [5.74, 6) is 0.246. The first-order valence-electron chi connectivity index (χ1n) is 6.12. The molecule has 1 heterocycles. The molecule has 0 aliphatic carbocycles. The highest BCUT2D eigenvalue weighted by molar-refractivity contribution is 5.86. The zero-order valence-electron chi connectivity index (χ0n) is 11.3. The Morgan fingerprint density at radius 3 is 2.10 bits per heavy atom. The van der Waals surface area contributed by atoms with Crippen molar-refractivity contribution in [2.24, 2.45) is 5.73 Å². The minimum atomic E-state index is -1.21. The molecule has 7 heteroatoms. The maximum absolute atomic E-state index is 9.43. The molecule has 0 saturated carbocycles. The molecule has 0 bridgehead atoms. The number of phenols is 1. The zero-order chi connectivity index (χ0) is 15.2. The number of aromatic nitrogens is 1. The summed E-state index contributed by atoms with van der Waals surface area (Å²) in [5.41, 5.74) is 5.75. The van der Waals surface area contributed by atoms with Crippen molar-refractivity contribution in [1.82, 2.24) is 4.98 Å². The van der Waals surface area contributed by atoms with Crippen molar-refractivity contribution in [3.63, 3.8) is 0 Å². The second kappa shape index (κ2) is 8.95. The Labute approximate surface area is 134 Å². The molecule has 0 unspecified atom stereocenters. The van der Waals surface area contributed by atoms with Gasteiger partial charge in [-0.1, -0.05) is 12.1 Å². The molecule has 0 amide bonds. The first kappa shape index (κ1) is 19.8. The molecule has 0 fully saturated rings. The Hall–Kier alpha value is -1.20. The monoisotopic (exact) mass is 310 g/mol. The summed E-state index contributed by atoms with van der Waals surface area (Å²) < 4.78 is 0. The number of aliphatic hydroxyl groups is 3. The fourth-order valence-electron chi connectivity index (χ4n) is 1.45. The smallest absolute Gasteiger partial charge is 0.187 e. The Bertz CT molecular complexity index is 512. The lowest BCUT2D eigenvalue weighted by Crippen LogP contribution is -2.50. The van der Waals surface area contributed by atoms with E-state index in [4.69, 9.17) is 21.1 Å². The van der Waals surface area contributed by atoms with Crippen LogP contribution in [0.4, 0.5) is 0 Å². The summed E-state index contributed by atoms with van der Waals surface area (Å²) in [4.78, 5) is 4.09. The topological polar surface area (TPSA) is 120 Å². The van der Waals surface area contributed by atoms with E-state index >= 15 is 0 Å². The lowest BCUT2D eigenvalue weighted by molar-refractivity contribution is 0.0698. The largest absolute Gasteiger partial charge is 0.506 e. The number of phenolic OH excluding ortho intramolecular Hbond substituents is 1. The van der Waals surface area contributed by atoms with Crippen molar-refractivity contribution in [3.05, 3.63) is 36.0 Å². The van der Waals surface area contributed by atoms with Crippen molar-refractivity contribution in [3.8, 4) is 5.75 Å². The molecule has 21 heavy (non-hydrogen) atoms. The quantitative estimate of drug-likeness (QED) is 0.451.